The van der Waals surface area contributed by atoms with Gasteiger partial charge in [0.2, 0.25) is 11.8 Å². The van der Waals surface area contributed by atoms with Crippen molar-refractivity contribution in [2.75, 3.05) is 13.2 Å². The molecule has 0 radical (unpaired) electrons. The molecule has 182 valence electrons. The van der Waals surface area contributed by atoms with Gasteiger partial charge in [-0.25, -0.2) is 4.52 Å². The number of fused-ring (bicyclic) bond motifs is 1. The van der Waals surface area contributed by atoms with E-state index in [0.29, 0.717) is 25.0 Å². The predicted molar refractivity (Wildman–Crippen MR) is 135 cm³/mol. The van der Waals surface area contributed by atoms with Gasteiger partial charge in [0.25, 0.3) is 0 Å². The van der Waals surface area contributed by atoms with Crippen LogP contribution in [0.4, 0.5) is 0 Å². The van der Waals surface area contributed by atoms with Crippen molar-refractivity contribution in [3.63, 3.8) is 0 Å². The molecule has 8 heteroatoms. The van der Waals surface area contributed by atoms with Gasteiger partial charge in [-0.15, -0.1) is 0 Å². The van der Waals surface area contributed by atoms with Gasteiger partial charge in [-0.1, -0.05) is 26.7 Å². The van der Waals surface area contributed by atoms with Gasteiger partial charge in [0.05, 0.1) is 36.1 Å². The molecule has 34 heavy (non-hydrogen) atoms. The van der Waals surface area contributed by atoms with Crippen molar-refractivity contribution < 1.29 is 18.8 Å². The fourth-order valence-electron chi connectivity index (χ4n) is 3.78. The molecular formula is C26H36BN3O4. The molecule has 0 N–H and O–H groups in total. The van der Waals surface area contributed by atoms with Crippen molar-refractivity contribution >= 4 is 18.1 Å². The maximum absolute atomic E-state index is 6.27. The first-order chi connectivity index (χ1) is 16.3. The van der Waals surface area contributed by atoms with Crippen molar-refractivity contribution in [2.45, 2.75) is 78.4 Å². The Kier molecular flexibility index (Phi) is 7.19. The zero-order chi connectivity index (χ0) is 24.3. The smallest absolute Gasteiger partial charge is 0.478 e. The van der Waals surface area contributed by atoms with Crippen LogP contribution >= 0.6 is 0 Å². The van der Waals surface area contributed by atoms with E-state index >= 15 is 0 Å². The van der Waals surface area contributed by atoms with E-state index in [0.717, 1.165) is 47.8 Å². The zero-order valence-corrected chi connectivity index (χ0v) is 21.3. The molecule has 0 atom stereocenters. The number of unbranched alkanes of at least 4 members (excludes halogenated alkanes) is 2. The number of pyridine rings is 2. The lowest BCUT2D eigenvalue weighted by Gasteiger charge is -2.32. The third kappa shape index (κ3) is 4.93. The second-order valence-corrected chi connectivity index (χ2v) is 9.84. The van der Waals surface area contributed by atoms with Gasteiger partial charge in [-0.05, 0) is 64.2 Å². The number of rotatable bonds is 10. The normalized spacial score (nSPS) is 16.8. The Labute approximate surface area is 202 Å². The molecule has 3 aromatic rings. The first-order valence-electron chi connectivity index (χ1n) is 12.4. The third-order valence-corrected chi connectivity index (χ3v) is 6.68. The molecule has 0 spiro atoms. The maximum atomic E-state index is 6.27. The van der Waals surface area contributed by atoms with Crippen molar-refractivity contribution in [1.82, 2.24) is 14.6 Å². The standard InChI is InChI=1S/C26H36BN3O4/c1-7-9-15-31-23-12-11-20(24(29-23)32-16-10-8-2)21-18-28-30-14-13-19(17-22(21)30)27-33-25(3,4)26(5,6)34-27/h11-14,17-18H,7-10,15-16H2,1-6H3. The summed E-state index contributed by atoms with van der Waals surface area (Å²) in [5, 5.41) is 4.56. The van der Waals surface area contributed by atoms with Crippen molar-refractivity contribution in [1.29, 1.82) is 0 Å². The Hall–Kier alpha value is -2.58. The van der Waals surface area contributed by atoms with Crippen molar-refractivity contribution in [2.24, 2.45) is 0 Å². The van der Waals surface area contributed by atoms with E-state index in [4.69, 9.17) is 18.8 Å². The molecule has 0 aliphatic carbocycles. The average Bonchev–Trinajstić information content (AvgIpc) is 3.31. The van der Waals surface area contributed by atoms with E-state index in [1.807, 2.05) is 35.1 Å². The first kappa shape index (κ1) is 24.5. The van der Waals surface area contributed by atoms with Crippen LogP contribution in [0, 0.1) is 0 Å². The highest BCUT2D eigenvalue weighted by Crippen LogP contribution is 2.37. The molecular weight excluding hydrogens is 429 g/mol. The summed E-state index contributed by atoms with van der Waals surface area (Å²) in [6.45, 7) is 13.8. The molecule has 1 aliphatic rings. The number of aromatic nitrogens is 3. The summed E-state index contributed by atoms with van der Waals surface area (Å²) < 4.78 is 26.3. The van der Waals surface area contributed by atoms with Gasteiger partial charge >= 0.3 is 7.12 Å². The van der Waals surface area contributed by atoms with Crippen LogP contribution in [0.2, 0.25) is 0 Å². The van der Waals surface area contributed by atoms with E-state index in [2.05, 4.69) is 57.7 Å². The van der Waals surface area contributed by atoms with Crippen LogP contribution in [0.3, 0.4) is 0 Å². The summed E-state index contributed by atoms with van der Waals surface area (Å²) in [4.78, 5) is 4.69. The van der Waals surface area contributed by atoms with Crippen LogP contribution in [-0.2, 0) is 9.31 Å². The summed E-state index contributed by atoms with van der Waals surface area (Å²) in [6, 6.07) is 7.98. The predicted octanol–water partition coefficient (Wildman–Crippen LogP) is 5.05. The van der Waals surface area contributed by atoms with Gasteiger partial charge in [-0.2, -0.15) is 10.1 Å². The van der Waals surface area contributed by atoms with Crippen LogP contribution in [0.15, 0.2) is 36.7 Å². The molecule has 0 aromatic carbocycles. The number of hydrogen-bond acceptors (Lipinski definition) is 6. The van der Waals surface area contributed by atoms with Crippen LogP contribution < -0.4 is 14.9 Å². The second kappa shape index (κ2) is 9.96. The number of nitrogens with zero attached hydrogens (tertiary/aromatic N) is 3. The van der Waals surface area contributed by atoms with Crippen LogP contribution in [-0.4, -0.2) is 46.1 Å². The Morgan fingerprint density at radius 2 is 1.59 bits per heavy atom. The largest absolute Gasteiger partial charge is 0.494 e. The van der Waals surface area contributed by atoms with E-state index in [1.165, 1.54) is 0 Å². The molecule has 0 amide bonds. The summed E-state index contributed by atoms with van der Waals surface area (Å²) in [6.07, 6.45) is 7.87. The lowest BCUT2D eigenvalue weighted by Crippen LogP contribution is -2.41. The summed E-state index contributed by atoms with van der Waals surface area (Å²) in [5.74, 6) is 1.15. The fraction of sp³-hybridized carbons (Fsp3) is 0.538. The van der Waals surface area contributed by atoms with Crippen LogP contribution in [0.5, 0.6) is 11.8 Å². The molecule has 4 heterocycles. The van der Waals surface area contributed by atoms with E-state index in [9.17, 15) is 0 Å². The Morgan fingerprint density at radius 3 is 2.26 bits per heavy atom. The van der Waals surface area contributed by atoms with E-state index < -0.39 is 18.3 Å². The highest BCUT2D eigenvalue weighted by Gasteiger charge is 2.51. The van der Waals surface area contributed by atoms with Gasteiger partial charge in [0.1, 0.15) is 0 Å². The Bertz CT molecular complexity index is 1110. The molecule has 4 rings (SSSR count). The summed E-state index contributed by atoms with van der Waals surface area (Å²) in [5.41, 5.74) is 2.93. The molecule has 0 saturated carbocycles. The summed E-state index contributed by atoms with van der Waals surface area (Å²) in [7, 11) is -0.439. The van der Waals surface area contributed by atoms with Gasteiger partial charge in [0.15, 0.2) is 0 Å². The molecule has 0 unspecified atom stereocenters. The number of hydrogen-bond donors (Lipinski definition) is 0. The summed E-state index contributed by atoms with van der Waals surface area (Å²) >= 11 is 0. The number of ether oxygens (including phenoxy) is 2. The molecule has 1 aliphatic heterocycles. The SMILES string of the molecule is CCCCOc1ccc(-c2cnn3ccc(B4OC(C)(C)C(C)(C)O4)cc23)c(OCCCC)n1. The first-order valence-corrected chi connectivity index (χ1v) is 12.4. The van der Waals surface area contributed by atoms with E-state index in [-0.39, 0.29) is 0 Å². The lowest BCUT2D eigenvalue weighted by atomic mass is 9.79. The second-order valence-electron chi connectivity index (χ2n) is 9.84. The van der Waals surface area contributed by atoms with Crippen molar-refractivity contribution in [3.8, 4) is 22.9 Å². The van der Waals surface area contributed by atoms with Crippen molar-refractivity contribution in [3.05, 3.63) is 36.7 Å². The van der Waals surface area contributed by atoms with Gasteiger partial charge in [-0.3, -0.25) is 0 Å². The molecule has 1 fully saturated rings. The quantitative estimate of drug-likeness (QED) is 0.308. The Morgan fingerprint density at radius 1 is 0.912 bits per heavy atom. The maximum Gasteiger partial charge on any atom is 0.494 e. The minimum absolute atomic E-state index is 0.398. The zero-order valence-electron chi connectivity index (χ0n) is 21.3. The fourth-order valence-corrected chi connectivity index (χ4v) is 3.78. The monoisotopic (exact) mass is 465 g/mol. The molecule has 1 saturated heterocycles. The lowest BCUT2D eigenvalue weighted by molar-refractivity contribution is 0.00578. The minimum atomic E-state index is -0.439. The molecule has 0 bridgehead atoms. The minimum Gasteiger partial charge on any atom is -0.478 e. The Balaban J connectivity index is 1.69. The molecule has 7 nitrogen and oxygen atoms in total. The highest BCUT2D eigenvalue weighted by atomic mass is 16.7. The van der Waals surface area contributed by atoms with E-state index in [1.54, 1.807) is 0 Å². The van der Waals surface area contributed by atoms with Gasteiger partial charge in [0, 0.05) is 23.4 Å². The third-order valence-electron chi connectivity index (χ3n) is 6.68. The topological polar surface area (TPSA) is 67.1 Å². The highest BCUT2D eigenvalue weighted by molar-refractivity contribution is 6.62. The average molecular weight is 465 g/mol. The van der Waals surface area contributed by atoms with Crippen LogP contribution in [0.1, 0.15) is 67.2 Å². The molecule has 3 aromatic heterocycles. The van der Waals surface area contributed by atoms with Gasteiger partial charge < -0.3 is 18.8 Å². The van der Waals surface area contributed by atoms with Crippen LogP contribution in [0.25, 0.3) is 16.6 Å².